The van der Waals surface area contributed by atoms with E-state index in [-0.39, 0.29) is 30.0 Å². The lowest BCUT2D eigenvalue weighted by molar-refractivity contribution is -0.126. The van der Waals surface area contributed by atoms with E-state index in [1.165, 1.54) is 6.42 Å². The predicted octanol–water partition coefficient (Wildman–Crippen LogP) is 7.35. The number of rotatable bonds is 5. The molecule has 1 N–H and O–H groups in total. The number of carbonyl (C=O) groups is 1. The summed E-state index contributed by atoms with van der Waals surface area (Å²) in [5.74, 6) is 0.133. The zero-order valence-electron chi connectivity index (χ0n) is 16.5. The molecule has 7 heteroatoms. The van der Waals surface area contributed by atoms with Crippen molar-refractivity contribution in [2.75, 3.05) is 0 Å². The number of halogens is 3. The van der Waals surface area contributed by atoms with Crippen molar-refractivity contribution < 1.29 is 4.79 Å². The van der Waals surface area contributed by atoms with E-state index in [9.17, 15) is 4.79 Å². The smallest absolute Gasteiger partial charge is 0.223 e. The topological polar surface area (TPSA) is 53.8 Å². The van der Waals surface area contributed by atoms with Gasteiger partial charge in [-0.2, -0.15) is 10.2 Å². The maximum atomic E-state index is 13.0. The molecule has 3 atom stereocenters. The Hall–Kier alpha value is -1.62. The number of benzene rings is 2. The third-order valence-corrected chi connectivity index (χ3v) is 6.84. The molecule has 0 saturated heterocycles. The van der Waals surface area contributed by atoms with Gasteiger partial charge >= 0.3 is 0 Å². The normalized spacial score (nSPS) is 22.8. The van der Waals surface area contributed by atoms with Gasteiger partial charge in [-0.1, -0.05) is 72.3 Å². The van der Waals surface area contributed by atoms with Crippen LogP contribution in [0.2, 0.25) is 15.1 Å². The zero-order chi connectivity index (χ0) is 21.1. The summed E-state index contributed by atoms with van der Waals surface area (Å²) in [7, 11) is 0. The van der Waals surface area contributed by atoms with E-state index in [2.05, 4.69) is 15.5 Å². The minimum atomic E-state index is -0.342. The van der Waals surface area contributed by atoms with E-state index in [1.807, 2.05) is 30.3 Å². The number of azo groups is 1. The van der Waals surface area contributed by atoms with Gasteiger partial charge in [-0.15, -0.1) is 0 Å². The fourth-order valence-corrected chi connectivity index (χ4v) is 5.00. The Morgan fingerprint density at radius 2 is 1.63 bits per heavy atom. The van der Waals surface area contributed by atoms with Crippen LogP contribution in [0.5, 0.6) is 0 Å². The van der Waals surface area contributed by atoms with Gasteiger partial charge in [0.1, 0.15) is 0 Å². The minimum Gasteiger partial charge on any atom is -0.347 e. The lowest BCUT2D eigenvalue weighted by Gasteiger charge is -2.28. The summed E-state index contributed by atoms with van der Waals surface area (Å²) in [6.07, 6.45) is 5.98. The van der Waals surface area contributed by atoms with E-state index in [0.717, 1.165) is 36.8 Å². The van der Waals surface area contributed by atoms with Crippen molar-refractivity contribution in [2.24, 2.45) is 16.1 Å². The molecule has 1 aliphatic carbocycles. The lowest BCUT2D eigenvalue weighted by atomic mass is 9.87. The molecule has 1 aliphatic heterocycles. The van der Waals surface area contributed by atoms with Crippen molar-refractivity contribution in [3.8, 4) is 0 Å². The second-order valence-corrected chi connectivity index (χ2v) is 9.37. The van der Waals surface area contributed by atoms with Crippen LogP contribution in [-0.4, -0.2) is 11.9 Å². The first-order valence-corrected chi connectivity index (χ1v) is 11.6. The van der Waals surface area contributed by atoms with Crippen LogP contribution in [0.1, 0.15) is 61.7 Å². The molecule has 2 aliphatic rings. The van der Waals surface area contributed by atoms with E-state index in [0.29, 0.717) is 21.5 Å². The molecule has 1 saturated carbocycles. The highest BCUT2D eigenvalue weighted by atomic mass is 35.5. The van der Waals surface area contributed by atoms with Crippen LogP contribution in [-0.2, 0) is 4.79 Å². The minimum absolute atomic E-state index is 0.0535. The lowest BCUT2D eigenvalue weighted by Crippen LogP contribution is -2.39. The van der Waals surface area contributed by atoms with Crippen molar-refractivity contribution in [1.29, 1.82) is 0 Å². The molecule has 1 fully saturated rings. The Bertz CT molecular complexity index is 926. The Morgan fingerprint density at radius 3 is 2.33 bits per heavy atom. The van der Waals surface area contributed by atoms with E-state index >= 15 is 0 Å². The van der Waals surface area contributed by atoms with Gasteiger partial charge in [-0.05, 0) is 48.2 Å². The molecule has 1 amide bonds. The third kappa shape index (κ3) is 4.99. The standard InChI is InChI=1S/C23H24Cl3N3O/c24-16-8-6-14(7-9-16)20-13-21(29-28-20)22(18-11-10-17(25)12-19(18)26)27-23(30)15-4-2-1-3-5-15/h6-12,15,20-22H,1-5,13H2,(H,27,30). The Labute approximate surface area is 192 Å². The predicted molar refractivity (Wildman–Crippen MR) is 121 cm³/mol. The van der Waals surface area contributed by atoms with Gasteiger partial charge in [0.25, 0.3) is 0 Å². The molecule has 3 unspecified atom stereocenters. The largest absolute Gasteiger partial charge is 0.347 e. The van der Waals surface area contributed by atoms with Crippen LogP contribution in [0.4, 0.5) is 0 Å². The summed E-state index contributed by atoms with van der Waals surface area (Å²) in [5.41, 5.74) is 1.89. The maximum absolute atomic E-state index is 13.0. The number of hydrogen-bond acceptors (Lipinski definition) is 3. The highest BCUT2D eigenvalue weighted by molar-refractivity contribution is 6.35. The average Bonchev–Trinajstić information content (AvgIpc) is 3.23. The molecular formula is C23H24Cl3N3O. The molecule has 2 aromatic rings. The van der Waals surface area contributed by atoms with Gasteiger partial charge < -0.3 is 5.32 Å². The molecule has 158 valence electrons. The number of carbonyl (C=O) groups excluding carboxylic acids is 1. The molecule has 0 aromatic heterocycles. The molecule has 4 rings (SSSR count). The van der Waals surface area contributed by atoms with Crippen LogP contribution in [0.25, 0.3) is 0 Å². The van der Waals surface area contributed by atoms with Crippen LogP contribution in [0, 0.1) is 5.92 Å². The van der Waals surface area contributed by atoms with Gasteiger partial charge in [-0.3, -0.25) is 4.79 Å². The fourth-order valence-electron chi connectivity index (χ4n) is 4.35. The van der Waals surface area contributed by atoms with Crippen molar-refractivity contribution in [3.63, 3.8) is 0 Å². The van der Waals surface area contributed by atoms with Gasteiger partial charge in [0.15, 0.2) is 0 Å². The van der Waals surface area contributed by atoms with Crippen molar-refractivity contribution in [1.82, 2.24) is 5.32 Å². The first-order valence-electron chi connectivity index (χ1n) is 10.4. The first kappa shape index (κ1) is 21.6. The SMILES string of the molecule is O=C(NC(c1ccc(Cl)cc1Cl)C1CC(c2ccc(Cl)cc2)N=N1)C1CCCCC1. The van der Waals surface area contributed by atoms with Gasteiger partial charge in [0, 0.05) is 27.4 Å². The molecule has 4 nitrogen and oxygen atoms in total. The highest BCUT2D eigenvalue weighted by Crippen LogP contribution is 2.39. The maximum Gasteiger partial charge on any atom is 0.223 e. The molecule has 0 spiro atoms. The summed E-state index contributed by atoms with van der Waals surface area (Å²) >= 11 is 18.6. The van der Waals surface area contributed by atoms with Crippen molar-refractivity contribution >= 4 is 40.7 Å². The van der Waals surface area contributed by atoms with E-state index in [1.54, 1.807) is 12.1 Å². The molecule has 30 heavy (non-hydrogen) atoms. The second-order valence-electron chi connectivity index (χ2n) is 8.09. The molecular weight excluding hydrogens is 441 g/mol. The quantitative estimate of drug-likeness (QED) is 0.494. The summed E-state index contributed by atoms with van der Waals surface area (Å²) in [6, 6.07) is 12.4. The highest BCUT2D eigenvalue weighted by Gasteiger charge is 2.35. The van der Waals surface area contributed by atoms with Gasteiger partial charge in [0.05, 0.1) is 18.1 Å². The Kier molecular flexibility index (Phi) is 6.97. The van der Waals surface area contributed by atoms with Crippen LogP contribution >= 0.6 is 34.8 Å². The average molecular weight is 465 g/mol. The van der Waals surface area contributed by atoms with Crippen LogP contribution in [0.3, 0.4) is 0 Å². The van der Waals surface area contributed by atoms with E-state index < -0.39 is 0 Å². The number of hydrogen-bond donors (Lipinski definition) is 1. The fraction of sp³-hybridized carbons (Fsp3) is 0.435. The summed E-state index contributed by atoms with van der Waals surface area (Å²) in [5, 5.41) is 14.1. The summed E-state index contributed by atoms with van der Waals surface area (Å²) in [6.45, 7) is 0. The van der Waals surface area contributed by atoms with Crippen LogP contribution in [0.15, 0.2) is 52.7 Å². The Morgan fingerprint density at radius 1 is 0.933 bits per heavy atom. The molecule has 1 heterocycles. The first-order chi connectivity index (χ1) is 14.5. The molecule has 0 bridgehead atoms. The van der Waals surface area contributed by atoms with Crippen molar-refractivity contribution in [2.45, 2.75) is 56.7 Å². The van der Waals surface area contributed by atoms with Crippen molar-refractivity contribution in [3.05, 3.63) is 68.7 Å². The number of nitrogens with zero attached hydrogens (tertiary/aromatic N) is 2. The van der Waals surface area contributed by atoms with Crippen LogP contribution < -0.4 is 5.32 Å². The number of amides is 1. The zero-order valence-corrected chi connectivity index (χ0v) is 18.8. The second kappa shape index (κ2) is 9.67. The molecule has 2 aromatic carbocycles. The number of nitrogens with one attached hydrogen (secondary N) is 1. The Balaban J connectivity index is 1.56. The molecule has 0 radical (unpaired) electrons. The van der Waals surface area contributed by atoms with Gasteiger partial charge in [-0.25, -0.2) is 0 Å². The third-order valence-electron chi connectivity index (χ3n) is 6.03. The summed E-state index contributed by atoms with van der Waals surface area (Å²) in [4.78, 5) is 13.0. The van der Waals surface area contributed by atoms with Gasteiger partial charge in [0.2, 0.25) is 5.91 Å². The summed E-state index contributed by atoms with van der Waals surface area (Å²) < 4.78 is 0. The monoisotopic (exact) mass is 463 g/mol. The van der Waals surface area contributed by atoms with E-state index in [4.69, 9.17) is 34.8 Å².